The Hall–Kier alpha value is -3.35. The molecule has 0 aliphatic rings. The van der Waals surface area contributed by atoms with Gasteiger partial charge in [0, 0.05) is 13.5 Å². The van der Waals surface area contributed by atoms with Crippen molar-refractivity contribution < 1.29 is 23.9 Å². The first-order chi connectivity index (χ1) is 14.8. The second kappa shape index (κ2) is 11.7. The first kappa shape index (κ1) is 23.9. The van der Waals surface area contributed by atoms with Crippen LogP contribution in [-0.4, -0.2) is 49.1 Å². The molecule has 0 spiro atoms. The van der Waals surface area contributed by atoms with Crippen molar-refractivity contribution in [2.45, 2.75) is 39.0 Å². The molecular weight excluding hydrogens is 396 g/mol. The summed E-state index contributed by atoms with van der Waals surface area (Å²) >= 11 is 0. The van der Waals surface area contributed by atoms with Gasteiger partial charge < -0.3 is 14.8 Å². The van der Waals surface area contributed by atoms with Crippen LogP contribution in [-0.2, 0) is 32.1 Å². The molecule has 2 atom stereocenters. The number of rotatable bonds is 9. The maximum atomic E-state index is 13.1. The minimum atomic E-state index is -0.866. The Morgan fingerprint density at radius 2 is 1.48 bits per heavy atom. The quantitative estimate of drug-likeness (QED) is 0.623. The lowest BCUT2D eigenvalue weighted by molar-refractivity contribution is -0.145. The van der Waals surface area contributed by atoms with Gasteiger partial charge >= 0.3 is 12.1 Å². The zero-order chi connectivity index (χ0) is 22.8. The number of likely N-dealkylation sites (N-methyl/N-ethyl adjacent to an activating group) is 1. The third-order valence-electron chi connectivity index (χ3n) is 4.90. The smallest absolute Gasteiger partial charge is 0.410 e. The molecule has 2 amide bonds. The van der Waals surface area contributed by atoms with E-state index in [1.54, 1.807) is 0 Å². The summed E-state index contributed by atoms with van der Waals surface area (Å²) in [6.07, 6.45) is -0.331. The first-order valence-electron chi connectivity index (χ1n) is 10.2. The minimum absolute atomic E-state index is 0.106. The number of amides is 2. The Morgan fingerprint density at radius 1 is 0.935 bits per heavy atom. The molecule has 0 aliphatic carbocycles. The maximum absolute atomic E-state index is 13.1. The van der Waals surface area contributed by atoms with Crippen molar-refractivity contribution >= 4 is 18.0 Å². The average molecular weight is 427 g/mol. The van der Waals surface area contributed by atoms with Crippen LogP contribution in [0, 0.1) is 5.92 Å². The van der Waals surface area contributed by atoms with E-state index in [1.165, 1.54) is 19.1 Å². The van der Waals surface area contributed by atoms with E-state index in [9.17, 15) is 14.4 Å². The molecule has 0 aliphatic heterocycles. The maximum Gasteiger partial charge on any atom is 0.410 e. The van der Waals surface area contributed by atoms with Gasteiger partial charge in [-0.15, -0.1) is 0 Å². The fraction of sp³-hybridized carbons (Fsp3) is 0.375. The van der Waals surface area contributed by atoms with Crippen molar-refractivity contribution in [3.8, 4) is 0 Å². The second-order valence-corrected chi connectivity index (χ2v) is 7.61. The van der Waals surface area contributed by atoms with E-state index < -0.39 is 30.1 Å². The molecule has 0 aromatic heterocycles. The van der Waals surface area contributed by atoms with Gasteiger partial charge in [-0.05, 0) is 17.0 Å². The van der Waals surface area contributed by atoms with E-state index in [1.807, 2.05) is 74.5 Å². The van der Waals surface area contributed by atoms with E-state index in [4.69, 9.17) is 9.47 Å². The summed E-state index contributed by atoms with van der Waals surface area (Å²) in [5.41, 5.74) is 1.73. The Morgan fingerprint density at radius 3 is 2.00 bits per heavy atom. The van der Waals surface area contributed by atoms with Gasteiger partial charge in [-0.2, -0.15) is 0 Å². The molecule has 0 radical (unpaired) electrons. The largest absolute Gasteiger partial charge is 0.467 e. The molecule has 0 saturated heterocycles. The average Bonchev–Trinajstić information content (AvgIpc) is 2.77. The molecule has 2 aromatic carbocycles. The number of nitrogens with one attached hydrogen (secondary N) is 1. The predicted octanol–water partition coefficient (Wildman–Crippen LogP) is 3.18. The van der Waals surface area contributed by atoms with Crippen LogP contribution in [0.25, 0.3) is 0 Å². The predicted molar refractivity (Wildman–Crippen MR) is 117 cm³/mol. The summed E-state index contributed by atoms with van der Waals surface area (Å²) in [5, 5.41) is 2.74. The van der Waals surface area contributed by atoms with Crippen molar-refractivity contribution in [3.05, 3.63) is 71.8 Å². The lowest BCUT2D eigenvalue weighted by atomic mass is 10.0. The molecule has 7 heteroatoms. The molecule has 166 valence electrons. The Labute approximate surface area is 183 Å². The molecule has 1 N–H and O–H groups in total. The standard InChI is InChI=1S/C24H30N2O5/c1-17(2)21(26(3)24(29)31-16-19-13-9-6-10-14-19)22(27)25-20(23(28)30-4)15-18-11-7-5-8-12-18/h5-14,17,20-21H,15-16H2,1-4H3,(H,25,27)/t20-,21+/m1/s1. The number of hydrogen-bond donors (Lipinski definition) is 1. The van der Waals surface area contributed by atoms with Crippen molar-refractivity contribution in [2.24, 2.45) is 5.92 Å². The van der Waals surface area contributed by atoms with Crippen LogP contribution >= 0.6 is 0 Å². The third kappa shape index (κ3) is 7.13. The van der Waals surface area contributed by atoms with Crippen LogP contribution in [0.2, 0.25) is 0 Å². The van der Waals surface area contributed by atoms with Crippen LogP contribution in [0.1, 0.15) is 25.0 Å². The molecule has 7 nitrogen and oxygen atoms in total. The summed E-state index contributed by atoms with van der Waals surface area (Å²) < 4.78 is 10.2. The highest BCUT2D eigenvalue weighted by molar-refractivity contribution is 5.90. The molecular formula is C24H30N2O5. The topological polar surface area (TPSA) is 84.9 Å². The van der Waals surface area contributed by atoms with Crippen LogP contribution in [0.3, 0.4) is 0 Å². The minimum Gasteiger partial charge on any atom is -0.467 e. The van der Waals surface area contributed by atoms with Gasteiger partial charge in [-0.1, -0.05) is 74.5 Å². The van der Waals surface area contributed by atoms with Gasteiger partial charge in [0.1, 0.15) is 18.7 Å². The number of benzene rings is 2. The fourth-order valence-corrected chi connectivity index (χ4v) is 3.30. The Kier molecular flexibility index (Phi) is 9.06. The third-order valence-corrected chi connectivity index (χ3v) is 4.90. The molecule has 0 unspecified atom stereocenters. The highest BCUT2D eigenvalue weighted by Crippen LogP contribution is 2.14. The number of methoxy groups -OCH3 is 1. The normalized spacial score (nSPS) is 12.5. The van der Waals surface area contributed by atoms with E-state index >= 15 is 0 Å². The highest BCUT2D eigenvalue weighted by atomic mass is 16.6. The van der Waals surface area contributed by atoms with Crippen molar-refractivity contribution in [2.75, 3.05) is 14.2 Å². The van der Waals surface area contributed by atoms with Gasteiger partial charge in [0.2, 0.25) is 5.91 Å². The molecule has 0 fully saturated rings. The molecule has 0 bridgehead atoms. The van der Waals surface area contributed by atoms with Crippen LogP contribution < -0.4 is 5.32 Å². The lowest BCUT2D eigenvalue weighted by Crippen LogP contribution is -2.54. The zero-order valence-electron chi connectivity index (χ0n) is 18.4. The molecule has 0 heterocycles. The van der Waals surface area contributed by atoms with Crippen molar-refractivity contribution in [3.63, 3.8) is 0 Å². The zero-order valence-corrected chi connectivity index (χ0v) is 18.4. The van der Waals surface area contributed by atoms with E-state index in [2.05, 4.69) is 5.32 Å². The van der Waals surface area contributed by atoms with Crippen molar-refractivity contribution in [1.29, 1.82) is 0 Å². The number of carbonyl (C=O) groups excluding carboxylic acids is 3. The van der Waals surface area contributed by atoms with Gasteiger partial charge in [0.25, 0.3) is 0 Å². The molecule has 31 heavy (non-hydrogen) atoms. The molecule has 2 aromatic rings. The summed E-state index contributed by atoms with van der Waals surface area (Å²) in [6.45, 7) is 3.76. The number of ether oxygens (including phenoxy) is 2. The van der Waals surface area contributed by atoms with Crippen LogP contribution in [0.15, 0.2) is 60.7 Å². The first-order valence-corrected chi connectivity index (χ1v) is 10.2. The summed E-state index contributed by atoms with van der Waals surface area (Å²) in [5.74, 6) is -1.20. The summed E-state index contributed by atoms with van der Waals surface area (Å²) in [7, 11) is 2.79. The monoisotopic (exact) mass is 426 g/mol. The van der Waals surface area contributed by atoms with E-state index in [0.29, 0.717) is 0 Å². The molecule has 0 saturated carbocycles. The summed E-state index contributed by atoms with van der Waals surface area (Å²) in [4.78, 5) is 39.2. The fourth-order valence-electron chi connectivity index (χ4n) is 3.30. The highest BCUT2D eigenvalue weighted by Gasteiger charge is 2.33. The van der Waals surface area contributed by atoms with E-state index in [-0.39, 0.29) is 18.9 Å². The Bertz CT molecular complexity index is 855. The number of nitrogens with zero attached hydrogens (tertiary/aromatic N) is 1. The number of hydrogen-bond acceptors (Lipinski definition) is 5. The second-order valence-electron chi connectivity index (χ2n) is 7.61. The van der Waals surface area contributed by atoms with Gasteiger partial charge in [0.05, 0.1) is 7.11 Å². The van der Waals surface area contributed by atoms with Gasteiger partial charge in [-0.25, -0.2) is 9.59 Å². The lowest BCUT2D eigenvalue weighted by Gasteiger charge is -2.30. The molecule has 2 rings (SSSR count). The summed E-state index contributed by atoms with van der Waals surface area (Å²) in [6, 6.07) is 17.0. The Balaban J connectivity index is 2.07. The number of carbonyl (C=O) groups is 3. The van der Waals surface area contributed by atoms with Gasteiger partial charge in [0.15, 0.2) is 0 Å². The van der Waals surface area contributed by atoms with Gasteiger partial charge in [-0.3, -0.25) is 9.69 Å². The van der Waals surface area contributed by atoms with E-state index in [0.717, 1.165) is 11.1 Å². The number of esters is 1. The van der Waals surface area contributed by atoms with Crippen LogP contribution in [0.5, 0.6) is 0 Å². The van der Waals surface area contributed by atoms with Crippen molar-refractivity contribution in [1.82, 2.24) is 10.2 Å². The SMILES string of the molecule is COC(=O)[C@@H](Cc1ccccc1)NC(=O)[C@H](C(C)C)N(C)C(=O)OCc1ccccc1. The van der Waals surface area contributed by atoms with Crippen LogP contribution in [0.4, 0.5) is 4.79 Å².